The van der Waals surface area contributed by atoms with E-state index in [1.165, 1.54) is 0 Å². The highest BCUT2D eigenvalue weighted by molar-refractivity contribution is 5.94. The van der Waals surface area contributed by atoms with Crippen LogP contribution >= 0.6 is 0 Å². The van der Waals surface area contributed by atoms with E-state index in [2.05, 4.69) is 10.6 Å². The Morgan fingerprint density at radius 2 is 1.96 bits per heavy atom. The van der Waals surface area contributed by atoms with Crippen molar-refractivity contribution in [2.24, 2.45) is 11.7 Å². The lowest BCUT2D eigenvalue weighted by Crippen LogP contribution is -2.44. The predicted octanol–water partition coefficient (Wildman–Crippen LogP) is 0.968. The average molecular weight is 334 g/mol. The SMILES string of the molecule is CCC(C)C(N)C(=O)NCc1cccc(C(=O)NCCN(C)C)c1. The first-order chi connectivity index (χ1) is 11.3. The molecule has 1 rings (SSSR count). The van der Waals surface area contributed by atoms with Crippen molar-refractivity contribution in [2.45, 2.75) is 32.9 Å². The van der Waals surface area contributed by atoms with Crippen molar-refractivity contribution in [3.05, 3.63) is 35.4 Å². The Morgan fingerprint density at radius 3 is 2.58 bits per heavy atom. The van der Waals surface area contributed by atoms with Crippen LogP contribution in [0.4, 0.5) is 0 Å². The number of nitrogens with two attached hydrogens (primary N) is 1. The third kappa shape index (κ3) is 6.68. The van der Waals surface area contributed by atoms with Gasteiger partial charge in [-0.3, -0.25) is 9.59 Å². The Labute approximate surface area is 144 Å². The molecule has 2 amide bonds. The van der Waals surface area contributed by atoms with Crippen LogP contribution in [-0.4, -0.2) is 49.9 Å². The fourth-order valence-electron chi connectivity index (χ4n) is 2.14. The number of hydrogen-bond donors (Lipinski definition) is 3. The van der Waals surface area contributed by atoms with Gasteiger partial charge in [-0.15, -0.1) is 0 Å². The molecule has 1 aromatic rings. The van der Waals surface area contributed by atoms with Gasteiger partial charge in [0.2, 0.25) is 5.91 Å². The predicted molar refractivity (Wildman–Crippen MR) is 96.6 cm³/mol. The van der Waals surface area contributed by atoms with Crippen LogP contribution in [0.1, 0.15) is 36.2 Å². The second kappa shape index (κ2) is 10.1. The molecular weight excluding hydrogens is 304 g/mol. The Morgan fingerprint density at radius 1 is 1.25 bits per heavy atom. The van der Waals surface area contributed by atoms with Gasteiger partial charge in [0.05, 0.1) is 6.04 Å². The molecule has 0 saturated carbocycles. The van der Waals surface area contributed by atoms with Gasteiger partial charge in [-0.25, -0.2) is 0 Å². The highest BCUT2D eigenvalue weighted by Crippen LogP contribution is 2.07. The molecule has 6 heteroatoms. The van der Waals surface area contributed by atoms with Crippen molar-refractivity contribution in [1.82, 2.24) is 15.5 Å². The smallest absolute Gasteiger partial charge is 0.251 e. The number of hydrogen-bond acceptors (Lipinski definition) is 4. The molecule has 2 atom stereocenters. The molecule has 0 heterocycles. The van der Waals surface area contributed by atoms with Crippen molar-refractivity contribution in [2.75, 3.05) is 27.2 Å². The largest absolute Gasteiger partial charge is 0.351 e. The first-order valence-corrected chi connectivity index (χ1v) is 8.40. The van der Waals surface area contributed by atoms with E-state index in [0.29, 0.717) is 18.7 Å². The van der Waals surface area contributed by atoms with Gasteiger partial charge in [0.15, 0.2) is 0 Å². The topological polar surface area (TPSA) is 87.5 Å². The number of likely N-dealkylation sites (N-methyl/N-ethyl adjacent to an activating group) is 1. The third-order valence-electron chi connectivity index (χ3n) is 4.06. The summed E-state index contributed by atoms with van der Waals surface area (Å²) in [5, 5.41) is 5.71. The summed E-state index contributed by atoms with van der Waals surface area (Å²) >= 11 is 0. The molecule has 0 aromatic heterocycles. The van der Waals surface area contributed by atoms with Crippen LogP contribution < -0.4 is 16.4 Å². The maximum atomic E-state index is 12.1. The summed E-state index contributed by atoms with van der Waals surface area (Å²) in [6, 6.07) is 6.75. The monoisotopic (exact) mass is 334 g/mol. The summed E-state index contributed by atoms with van der Waals surface area (Å²) in [6.45, 7) is 5.71. The van der Waals surface area contributed by atoms with Gasteiger partial charge in [-0.1, -0.05) is 32.4 Å². The fraction of sp³-hybridized carbons (Fsp3) is 0.556. The van der Waals surface area contributed by atoms with E-state index in [0.717, 1.165) is 18.5 Å². The summed E-state index contributed by atoms with van der Waals surface area (Å²) in [7, 11) is 3.92. The van der Waals surface area contributed by atoms with Crippen LogP contribution in [0.25, 0.3) is 0 Å². The summed E-state index contributed by atoms with van der Waals surface area (Å²) < 4.78 is 0. The fourth-order valence-corrected chi connectivity index (χ4v) is 2.14. The summed E-state index contributed by atoms with van der Waals surface area (Å²) in [5.41, 5.74) is 7.38. The lowest BCUT2D eigenvalue weighted by Gasteiger charge is -2.17. The van der Waals surface area contributed by atoms with Crippen molar-refractivity contribution in [1.29, 1.82) is 0 Å². The number of benzene rings is 1. The van der Waals surface area contributed by atoms with Crippen LogP contribution in [0.5, 0.6) is 0 Å². The Kier molecular flexibility index (Phi) is 8.43. The summed E-state index contributed by atoms with van der Waals surface area (Å²) in [5.74, 6) is -0.134. The van der Waals surface area contributed by atoms with E-state index >= 15 is 0 Å². The van der Waals surface area contributed by atoms with Crippen LogP contribution in [-0.2, 0) is 11.3 Å². The molecule has 0 saturated heterocycles. The number of nitrogens with zero attached hydrogens (tertiary/aromatic N) is 1. The Balaban J connectivity index is 2.56. The van der Waals surface area contributed by atoms with Gasteiger partial charge < -0.3 is 21.3 Å². The molecule has 134 valence electrons. The first kappa shape index (κ1) is 20.1. The quantitative estimate of drug-likeness (QED) is 0.628. The second-order valence-corrected chi connectivity index (χ2v) is 6.39. The minimum absolute atomic E-state index is 0.110. The third-order valence-corrected chi connectivity index (χ3v) is 4.06. The van der Waals surface area contributed by atoms with E-state index in [9.17, 15) is 9.59 Å². The van der Waals surface area contributed by atoms with E-state index in [1.54, 1.807) is 12.1 Å². The van der Waals surface area contributed by atoms with Crippen molar-refractivity contribution < 1.29 is 9.59 Å². The van der Waals surface area contributed by atoms with Crippen molar-refractivity contribution in [3.63, 3.8) is 0 Å². The van der Waals surface area contributed by atoms with Crippen LogP contribution in [0.3, 0.4) is 0 Å². The molecule has 0 bridgehead atoms. The molecular formula is C18H30N4O2. The number of carbonyl (C=O) groups excluding carboxylic acids is 2. The summed E-state index contributed by atoms with van der Waals surface area (Å²) in [6.07, 6.45) is 0.858. The maximum Gasteiger partial charge on any atom is 0.251 e. The second-order valence-electron chi connectivity index (χ2n) is 6.39. The zero-order chi connectivity index (χ0) is 18.1. The molecule has 0 aliphatic carbocycles. The average Bonchev–Trinajstić information content (AvgIpc) is 2.58. The number of nitrogens with one attached hydrogen (secondary N) is 2. The molecule has 6 nitrogen and oxygen atoms in total. The van der Waals surface area contributed by atoms with Crippen LogP contribution in [0.2, 0.25) is 0 Å². The minimum Gasteiger partial charge on any atom is -0.351 e. The van der Waals surface area contributed by atoms with Gasteiger partial charge in [0, 0.05) is 25.2 Å². The maximum absolute atomic E-state index is 12.1. The van der Waals surface area contributed by atoms with E-state index < -0.39 is 6.04 Å². The van der Waals surface area contributed by atoms with Gasteiger partial charge in [0.25, 0.3) is 5.91 Å². The van der Waals surface area contributed by atoms with Gasteiger partial charge in [0.1, 0.15) is 0 Å². The van der Waals surface area contributed by atoms with Crippen LogP contribution in [0, 0.1) is 5.92 Å². The molecule has 24 heavy (non-hydrogen) atoms. The van der Waals surface area contributed by atoms with Gasteiger partial charge in [-0.2, -0.15) is 0 Å². The molecule has 0 fully saturated rings. The lowest BCUT2D eigenvalue weighted by atomic mass is 9.99. The van der Waals surface area contributed by atoms with Crippen molar-refractivity contribution in [3.8, 4) is 0 Å². The first-order valence-electron chi connectivity index (χ1n) is 8.40. The van der Waals surface area contributed by atoms with E-state index in [-0.39, 0.29) is 17.7 Å². The molecule has 0 radical (unpaired) electrons. The normalized spacial score (nSPS) is 13.4. The number of carbonyl (C=O) groups is 2. The van der Waals surface area contributed by atoms with Gasteiger partial charge in [-0.05, 0) is 37.7 Å². The van der Waals surface area contributed by atoms with E-state index in [1.807, 2.05) is 45.0 Å². The van der Waals surface area contributed by atoms with Crippen molar-refractivity contribution >= 4 is 11.8 Å². The zero-order valence-electron chi connectivity index (χ0n) is 15.1. The van der Waals surface area contributed by atoms with Gasteiger partial charge >= 0.3 is 0 Å². The molecule has 2 unspecified atom stereocenters. The van der Waals surface area contributed by atoms with Crippen LogP contribution in [0.15, 0.2) is 24.3 Å². The minimum atomic E-state index is -0.507. The molecule has 1 aromatic carbocycles. The molecule has 0 aliphatic heterocycles. The highest BCUT2D eigenvalue weighted by Gasteiger charge is 2.18. The standard InChI is InChI=1S/C18H30N4O2/c1-5-13(2)16(19)18(24)21-12-14-7-6-8-15(11-14)17(23)20-9-10-22(3)4/h6-8,11,13,16H,5,9-10,12,19H2,1-4H3,(H,20,23)(H,21,24). The summed E-state index contributed by atoms with van der Waals surface area (Å²) in [4.78, 5) is 26.1. The Bertz CT molecular complexity index is 546. The number of amides is 2. The molecule has 4 N–H and O–H groups in total. The van der Waals surface area contributed by atoms with E-state index in [4.69, 9.17) is 5.73 Å². The zero-order valence-corrected chi connectivity index (χ0v) is 15.1. The lowest BCUT2D eigenvalue weighted by molar-refractivity contribution is -0.123. The number of rotatable bonds is 9. The highest BCUT2D eigenvalue weighted by atomic mass is 16.2. The molecule has 0 aliphatic rings. The Hall–Kier alpha value is -1.92. The molecule has 0 spiro atoms.